The van der Waals surface area contributed by atoms with Crippen LogP contribution in [0.15, 0.2) is 58.8 Å². The Morgan fingerprint density at radius 2 is 1.77 bits per heavy atom. The van der Waals surface area contributed by atoms with Gasteiger partial charge in [-0.2, -0.15) is 23.2 Å². The zero-order valence-corrected chi connectivity index (χ0v) is 27.3. The lowest BCUT2D eigenvalue weighted by molar-refractivity contribution is -0.137. The van der Waals surface area contributed by atoms with Crippen LogP contribution in [-0.4, -0.2) is 55.5 Å². The number of fused-ring (bicyclic) bond motifs is 1. The van der Waals surface area contributed by atoms with Crippen molar-refractivity contribution in [2.75, 3.05) is 26.0 Å². The first-order valence-corrected chi connectivity index (χ1v) is 17.9. The molecular formula is C29H27F3N3O10PS2. The molecule has 19 heteroatoms. The Morgan fingerprint density at radius 3 is 2.46 bits per heavy atom. The SMILES string of the molecule is CCCOc1cc2sc(S(=O)(=O)NCP(=O)(O)Oc3ccc(C#N)c(C(F)(F)F)c3)cc2cc1OCCNC(=O)c1cccc(O)c1O. The van der Waals surface area contributed by atoms with Crippen LogP contribution >= 0.6 is 18.9 Å². The summed E-state index contributed by atoms with van der Waals surface area (Å²) < 4.78 is 96.9. The summed E-state index contributed by atoms with van der Waals surface area (Å²) >= 11 is 0.801. The smallest absolute Gasteiger partial charge is 0.417 e. The summed E-state index contributed by atoms with van der Waals surface area (Å²) in [7, 11) is -9.30. The van der Waals surface area contributed by atoms with Crippen LogP contribution < -0.4 is 24.0 Å². The molecule has 4 rings (SSSR count). The van der Waals surface area contributed by atoms with Gasteiger partial charge in [0.2, 0.25) is 0 Å². The molecule has 0 aliphatic rings. The Labute approximate surface area is 275 Å². The number of halogens is 3. The predicted octanol–water partition coefficient (Wildman–Crippen LogP) is 5.30. The van der Waals surface area contributed by atoms with Gasteiger partial charge in [0.05, 0.1) is 35.9 Å². The number of para-hydroxylation sites is 1. The van der Waals surface area contributed by atoms with E-state index in [4.69, 9.17) is 19.3 Å². The number of phenolic OH excluding ortho intramolecular Hbond substituents is 2. The number of aromatic hydroxyl groups is 2. The number of phenols is 2. The largest absolute Gasteiger partial charge is 0.504 e. The standard InChI is InChI=1S/C29H27F3N3O10PS2/c1-2-9-43-24-14-25-18(11-23(24)44-10-8-34-28(38)20-4-3-5-22(36)27(20)37)12-26(47-25)48(41,42)35-16-46(39,40)45-19-7-6-17(15-33)21(13-19)29(30,31)32/h3-7,11-14,35-37H,2,8-10,16H2,1H3,(H,34,38)(H,39,40). The van der Waals surface area contributed by atoms with Gasteiger partial charge in [0.1, 0.15) is 22.9 Å². The fourth-order valence-electron chi connectivity index (χ4n) is 4.08. The maximum atomic E-state index is 13.3. The highest BCUT2D eigenvalue weighted by molar-refractivity contribution is 7.92. The molecule has 48 heavy (non-hydrogen) atoms. The van der Waals surface area contributed by atoms with E-state index in [2.05, 4.69) is 5.32 Å². The third-order valence-electron chi connectivity index (χ3n) is 6.31. The van der Waals surface area contributed by atoms with E-state index < -0.39 is 64.4 Å². The van der Waals surface area contributed by atoms with Crippen molar-refractivity contribution >= 4 is 44.9 Å². The van der Waals surface area contributed by atoms with Gasteiger partial charge in [-0.25, -0.2) is 13.0 Å². The van der Waals surface area contributed by atoms with Crippen molar-refractivity contribution < 1.29 is 60.1 Å². The number of carbonyl (C=O) groups excluding carboxylic acids is 1. The highest BCUT2D eigenvalue weighted by Crippen LogP contribution is 2.44. The van der Waals surface area contributed by atoms with Crippen LogP contribution in [0.2, 0.25) is 0 Å². The van der Waals surface area contributed by atoms with Crippen LogP contribution in [0.3, 0.4) is 0 Å². The second kappa shape index (κ2) is 14.7. The number of ether oxygens (including phenoxy) is 2. The van der Waals surface area contributed by atoms with E-state index in [9.17, 15) is 46.1 Å². The van der Waals surface area contributed by atoms with E-state index in [-0.39, 0.29) is 34.4 Å². The molecule has 1 amide bonds. The van der Waals surface area contributed by atoms with Gasteiger partial charge in [0.15, 0.2) is 23.0 Å². The Hall–Kier alpha value is -4.53. The first kappa shape index (κ1) is 36.3. The van der Waals surface area contributed by atoms with Crippen molar-refractivity contribution in [2.24, 2.45) is 0 Å². The number of hydrogen-bond donors (Lipinski definition) is 5. The van der Waals surface area contributed by atoms with Crippen molar-refractivity contribution in [2.45, 2.75) is 23.7 Å². The minimum Gasteiger partial charge on any atom is -0.504 e. The van der Waals surface area contributed by atoms with Crippen molar-refractivity contribution in [1.29, 1.82) is 5.26 Å². The number of nitrogens with zero attached hydrogens (tertiary/aromatic N) is 1. The molecule has 4 aromatic rings. The lowest BCUT2D eigenvalue weighted by Crippen LogP contribution is -2.28. The van der Waals surface area contributed by atoms with Gasteiger partial charge in [-0.15, -0.1) is 11.3 Å². The number of alkyl halides is 3. The molecular weight excluding hydrogens is 702 g/mol. The third-order valence-corrected chi connectivity index (χ3v) is 10.6. The lowest BCUT2D eigenvalue weighted by atomic mass is 10.1. The molecule has 0 aliphatic heterocycles. The van der Waals surface area contributed by atoms with E-state index in [1.807, 2.05) is 11.6 Å². The molecule has 256 valence electrons. The molecule has 0 aliphatic carbocycles. The van der Waals surface area contributed by atoms with Crippen LogP contribution in [0.1, 0.15) is 34.8 Å². The maximum Gasteiger partial charge on any atom is 0.417 e. The maximum absolute atomic E-state index is 13.3. The number of amides is 1. The normalized spacial score (nSPS) is 13.0. The summed E-state index contributed by atoms with van der Waals surface area (Å²) in [5.41, 5.74) is -2.27. The lowest BCUT2D eigenvalue weighted by Gasteiger charge is -2.16. The molecule has 1 atom stereocenters. The zero-order valence-electron chi connectivity index (χ0n) is 24.8. The number of carbonyl (C=O) groups is 1. The van der Waals surface area contributed by atoms with Gasteiger partial charge in [-0.3, -0.25) is 4.79 Å². The highest BCUT2D eigenvalue weighted by atomic mass is 32.2. The number of rotatable bonds is 14. The molecule has 0 saturated heterocycles. The Kier molecular flexibility index (Phi) is 11.1. The monoisotopic (exact) mass is 729 g/mol. The average molecular weight is 730 g/mol. The zero-order chi connectivity index (χ0) is 35.3. The number of sulfonamides is 1. The molecule has 13 nitrogen and oxygen atoms in total. The second-order valence-electron chi connectivity index (χ2n) is 9.88. The molecule has 0 spiro atoms. The number of nitrogens with one attached hydrogen (secondary N) is 2. The van der Waals surface area contributed by atoms with Gasteiger partial charge in [0, 0.05) is 10.8 Å². The van der Waals surface area contributed by atoms with Crippen molar-refractivity contribution in [3.05, 3.63) is 71.3 Å². The molecule has 5 N–H and O–H groups in total. The van der Waals surface area contributed by atoms with Crippen molar-refractivity contribution in [3.8, 4) is 34.8 Å². The molecule has 0 fully saturated rings. The quantitative estimate of drug-likeness (QED) is 0.0640. The Morgan fingerprint density at radius 1 is 1.06 bits per heavy atom. The minimum atomic E-state index is -4.95. The summed E-state index contributed by atoms with van der Waals surface area (Å²) in [5.74, 6) is -1.90. The molecule has 1 aromatic heterocycles. The first-order chi connectivity index (χ1) is 22.5. The van der Waals surface area contributed by atoms with Crippen molar-refractivity contribution in [3.63, 3.8) is 0 Å². The number of nitriles is 1. The summed E-state index contributed by atoms with van der Waals surface area (Å²) in [6.45, 7) is 2.08. The highest BCUT2D eigenvalue weighted by Gasteiger charge is 2.35. The van der Waals surface area contributed by atoms with Crippen LogP contribution in [0.5, 0.6) is 28.7 Å². The van der Waals surface area contributed by atoms with E-state index in [1.54, 1.807) is 0 Å². The molecule has 1 unspecified atom stereocenters. The summed E-state index contributed by atoms with van der Waals surface area (Å²) in [6, 6.07) is 11.6. The van der Waals surface area contributed by atoms with Crippen molar-refractivity contribution in [1.82, 2.24) is 10.0 Å². The molecule has 0 saturated carbocycles. The first-order valence-electron chi connectivity index (χ1n) is 13.8. The van der Waals surface area contributed by atoms with Crippen LogP contribution in [0.25, 0.3) is 10.1 Å². The molecule has 3 aromatic carbocycles. The predicted molar refractivity (Wildman–Crippen MR) is 167 cm³/mol. The summed E-state index contributed by atoms with van der Waals surface area (Å²) in [6.07, 6.45) is -5.50. The summed E-state index contributed by atoms with van der Waals surface area (Å²) in [5, 5.41) is 31.3. The minimum absolute atomic E-state index is 0.0182. The Balaban J connectivity index is 1.46. The van der Waals surface area contributed by atoms with E-state index in [0.29, 0.717) is 29.2 Å². The fourth-order valence-corrected chi connectivity index (χ4v) is 8.03. The Bertz CT molecular complexity index is 2030. The van der Waals surface area contributed by atoms with Gasteiger partial charge in [0.25, 0.3) is 15.9 Å². The van der Waals surface area contributed by atoms with Crippen LogP contribution in [-0.2, 0) is 20.8 Å². The van der Waals surface area contributed by atoms with E-state index in [0.717, 1.165) is 23.5 Å². The molecule has 0 radical (unpaired) electrons. The molecule has 1 heterocycles. The average Bonchev–Trinajstić information content (AvgIpc) is 3.45. The van der Waals surface area contributed by atoms with E-state index >= 15 is 0 Å². The summed E-state index contributed by atoms with van der Waals surface area (Å²) in [4.78, 5) is 22.6. The second-order valence-corrected chi connectivity index (χ2v) is 14.7. The van der Waals surface area contributed by atoms with Crippen LogP contribution in [0.4, 0.5) is 13.2 Å². The number of thiophene rings is 1. The van der Waals surface area contributed by atoms with Gasteiger partial charge in [-0.1, -0.05) is 13.0 Å². The van der Waals surface area contributed by atoms with E-state index in [1.165, 1.54) is 42.5 Å². The topological polar surface area (TPSA) is 205 Å². The molecule has 0 bridgehead atoms. The fraction of sp³-hybridized carbons (Fsp3) is 0.241. The van der Waals surface area contributed by atoms with Gasteiger partial charge in [-0.05, 0) is 54.3 Å². The number of benzene rings is 3. The number of hydrogen-bond acceptors (Lipinski definition) is 11. The van der Waals surface area contributed by atoms with Gasteiger partial charge >= 0.3 is 13.8 Å². The third kappa shape index (κ3) is 8.88. The van der Waals surface area contributed by atoms with Gasteiger partial charge < -0.3 is 34.4 Å². The van der Waals surface area contributed by atoms with Crippen LogP contribution in [0, 0.1) is 11.3 Å².